The van der Waals surface area contributed by atoms with Crippen molar-refractivity contribution in [3.63, 3.8) is 0 Å². The Balaban J connectivity index is 2.30. The van der Waals surface area contributed by atoms with Crippen LogP contribution in [0.15, 0.2) is 24.8 Å². The minimum Gasteiger partial charge on any atom is -0.353 e. The van der Waals surface area contributed by atoms with Crippen LogP contribution in [0.25, 0.3) is 0 Å². The van der Waals surface area contributed by atoms with Crippen molar-refractivity contribution >= 4 is 0 Å². The highest BCUT2D eigenvalue weighted by Crippen LogP contribution is 2.27. The van der Waals surface area contributed by atoms with E-state index in [2.05, 4.69) is 45.7 Å². The summed E-state index contributed by atoms with van der Waals surface area (Å²) in [5, 5.41) is 0. The first-order valence-corrected chi connectivity index (χ1v) is 4.87. The van der Waals surface area contributed by atoms with Crippen molar-refractivity contribution in [1.29, 1.82) is 0 Å². The van der Waals surface area contributed by atoms with Gasteiger partial charge in [-0.15, -0.1) is 0 Å². The molecule has 0 saturated heterocycles. The van der Waals surface area contributed by atoms with Crippen LogP contribution in [0.5, 0.6) is 0 Å². The van der Waals surface area contributed by atoms with E-state index >= 15 is 0 Å². The van der Waals surface area contributed by atoms with Gasteiger partial charge in [-0.05, 0) is 6.92 Å². The lowest BCUT2D eigenvalue weighted by Gasteiger charge is -2.28. The number of hydrogen-bond acceptors (Lipinski definition) is 3. The van der Waals surface area contributed by atoms with Crippen LogP contribution in [0.2, 0.25) is 0 Å². The van der Waals surface area contributed by atoms with E-state index in [-0.39, 0.29) is 6.17 Å². The third-order valence-electron chi connectivity index (χ3n) is 2.65. The summed E-state index contributed by atoms with van der Waals surface area (Å²) >= 11 is 0. The van der Waals surface area contributed by atoms with Crippen molar-refractivity contribution in [2.75, 3.05) is 13.6 Å². The molecule has 0 amide bonds. The number of aromatic nitrogens is 2. The fourth-order valence-corrected chi connectivity index (χ4v) is 1.82. The molecule has 1 atom stereocenters. The predicted octanol–water partition coefficient (Wildman–Crippen LogP) is 1.16. The molecule has 4 nitrogen and oxygen atoms in total. The Morgan fingerprint density at radius 3 is 2.71 bits per heavy atom. The van der Waals surface area contributed by atoms with Gasteiger partial charge in [-0.3, -0.25) is 0 Å². The van der Waals surface area contributed by atoms with Gasteiger partial charge in [0.1, 0.15) is 0 Å². The molecule has 1 aliphatic rings. The molecule has 4 heteroatoms. The van der Waals surface area contributed by atoms with Crippen LogP contribution in [0.1, 0.15) is 18.9 Å². The fraction of sp³-hybridized carbons (Fsp3) is 0.500. The van der Waals surface area contributed by atoms with Gasteiger partial charge in [-0.25, -0.2) is 4.98 Å². The lowest BCUT2D eigenvalue weighted by molar-refractivity contribution is 0.172. The average molecular weight is 192 g/mol. The maximum atomic E-state index is 4.39. The van der Waals surface area contributed by atoms with E-state index in [1.807, 2.05) is 19.4 Å². The molecule has 1 aromatic heterocycles. The molecule has 0 saturated carbocycles. The summed E-state index contributed by atoms with van der Waals surface area (Å²) in [4.78, 5) is 8.82. The molecule has 2 heterocycles. The first-order valence-electron chi connectivity index (χ1n) is 4.87. The Kier molecular flexibility index (Phi) is 2.19. The van der Waals surface area contributed by atoms with Crippen LogP contribution in [0, 0.1) is 0 Å². The molecule has 2 rings (SSSR count). The highest BCUT2D eigenvalue weighted by atomic mass is 15.4. The monoisotopic (exact) mass is 192 g/mol. The predicted molar refractivity (Wildman–Crippen MR) is 55.2 cm³/mol. The summed E-state index contributed by atoms with van der Waals surface area (Å²) < 4.78 is 2.07. The molecule has 0 fully saturated rings. The Morgan fingerprint density at radius 2 is 2.14 bits per heavy atom. The van der Waals surface area contributed by atoms with Gasteiger partial charge in [-0.1, -0.05) is 0 Å². The Hall–Kier alpha value is -1.45. The Labute approximate surface area is 84.4 Å². The molecular weight excluding hydrogens is 176 g/mol. The van der Waals surface area contributed by atoms with Crippen molar-refractivity contribution in [1.82, 2.24) is 19.4 Å². The zero-order chi connectivity index (χ0) is 10.1. The van der Waals surface area contributed by atoms with Crippen molar-refractivity contribution in [2.24, 2.45) is 7.05 Å². The Morgan fingerprint density at radius 1 is 1.36 bits per heavy atom. The summed E-state index contributed by atoms with van der Waals surface area (Å²) in [7, 11) is 4.11. The van der Waals surface area contributed by atoms with E-state index in [4.69, 9.17) is 0 Å². The first-order chi connectivity index (χ1) is 6.74. The van der Waals surface area contributed by atoms with Crippen LogP contribution < -0.4 is 0 Å². The summed E-state index contributed by atoms with van der Waals surface area (Å²) in [6, 6.07) is 0. The summed E-state index contributed by atoms with van der Waals surface area (Å²) in [6.07, 6.45) is 8.27. The Bertz CT molecular complexity index is 342. The number of nitrogens with zero attached hydrogens (tertiary/aromatic N) is 4. The van der Waals surface area contributed by atoms with Gasteiger partial charge in [0.15, 0.2) is 12.0 Å². The van der Waals surface area contributed by atoms with Gasteiger partial charge in [0.05, 0.1) is 0 Å². The van der Waals surface area contributed by atoms with Gasteiger partial charge in [-0.2, -0.15) is 0 Å². The van der Waals surface area contributed by atoms with E-state index in [1.165, 1.54) is 0 Å². The third-order valence-corrected chi connectivity index (χ3v) is 2.65. The van der Waals surface area contributed by atoms with Crippen molar-refractivity contribution in [3.05, 3.63) is 30.6 Å². The second-order valence-corrected chi connectivity index (χ2v) is 3.56. The standard InChI is InChI=1S/C10H16N4/c1-4-14-8-7-13(3)10(14)9-11-5-6-12(9)2/h5-8,10H,4H2,1-3H3. The molecule has 76 valence electrons. The van der Waals surface area contributed by atoms with Crippen LogP contribution in [0.3, 0.4) is 0 Å². The van der Waals surface area contributed by atoms with Crippen LogP contribution in [0.4, 0.5) is 0 Å². The molecular formula is C10H16N4. The fourth-order valence-electron chi connectivity index (χ4n) is 1.82. The van der Waals surface area contributed by atoms with Crippen LogP contribution >= 0.6 is 0 Å². The average Bonchev–Trinajstić information content (AvgIpc) is 2.72. The highest BCUT2D eigenvalue weighted by Gasteiger charge is 2.27. The molecule has 1 unspecified atom stereocenters. The maximum Gasteiger partial charge on any atom is 0.161 e. The van der Waals surface area contributed by atoms with Crippen LogP contribution in [-0.4, -0.2) is 32.9 Å². The van der Waals surface area contributed by atoms with E-state index < -0.39 is 0 Å². The second-order valence-electron chi connectivity index (χ2n) is 3.56. The SMILES string of the molecule is CCN1C=CN(C)C1c1nccn1C. The van der Waals surface area contributed by atoms with Gasteiger partial charge in [0, 0.05) is 45.4 Å². The highest BCUT2D eigenvalue weighted by molar-refractivity contribution is 5.07. The van der Waals surface area contributed by atoms with E-state index in [1.54, 1.807) is 0 Å². The van der Waals surface area contributed by atoms with Gasteiger partial charge < -0.3 is 14.4 Å². The van der Waals surface area contributed by atoms with Crippen molar-refractivity contribution < 1.29 is 0 Å². The summed E-state index contributed by atoms with van der Waals surface area (Å²) in [5.41, 5.74) is 0. The molecule has 0 spiro atoms. The summed E-state index contributed by atoms with van der Waals surface area (Å²) in [6.45, 7) is 3.15. The van der Waals surface area contributed by atoms with E-state index in [9.17, 15) is 0 Å². The third kappa shape index (κ3) is 1.27. The molecule has 0 N–H and O–H groups in total. The van der Waals surface area contributed by atoms with Crippen LogP contribution in [-0.2, 0) is 7.05 Å². The first kappa shape index (κ1) is 9.12. The lowest BCUT2D eigenvalue weighted by Crippen LogP contribution is -2.30. The normalized spacial score (nSPS) is 20.9. The molecule has 0 aromatic carbocycles. The number of rotatable bonds is 2. The molecule has 1 aromatic rings. The zero-order valence-corrected chi connectivity index (χ0v) is 8.88. The van der Waals surface area contributed by atoms with E-state index in [0.29, 0.717) is 0 Å². The molecule has 1 aliphatic heterocycles. The van der Waals surface area contributed by atoms with Gasteiger partial charge in [0.25, 0.3) is 0 Å². The number of imidazole rings is 1. The van der Waals surface area contributed by atoms with Crippen molar-refractivity contribution in [2.45, 2.75) is 13.1 Å². The van der Waals surface area contributed by atoms with Crippen molar-refractivity contribution in [3.8, 4) is 0 Å². The second kappa shape index (κ2) is 3.36. The molecule has 14 heavy (non-hydrogen) atoms. The molecule has 0 aliphatic carbocycles. The number of hydrogen-bond donors (Lipinski definition) is 0. The maximum absolute atomic E-state index is 4.39. The quantitative estimate of drug-likeness (QED) is 0.702. The largest absolute Gasteiger partial charge is 0.353 e. The zero-order valence-electron chi connectivity index (χ0n) is 8.88. The minimum absolute atomic E-state index is 0.250. The van der Waals surface area contributed by atoms with Gasteiger partial charge in [0.2, 0.25) is 0 Å². The molecule has 0 bridgehead atoms. The summed E-state index contributed by atoms with van der Waals surface area (Å²) in [5.74, 6) is 1.08. The van der Waals surface area contributed by atoms with Gasteiger partial charge >= 0.3 is 0 Å². The number of aryl methyl sites for hydroxylation is 1. The molecule has 0 radical (unpaired) electrons. The lowest BCUT2D eigenvalue weighted by atomic mass is 10.4. The smallest absolute Gasteiger partial charge is 0.161 e. The minimum atomic E-state index is 0.250. The van der Waals surface area contributed by atoms with E-state index in [0.717, 1.165) is 12.4 Å². The topological polar surface area (TPSA) is 24.3 Å².